The number of aromatic amines is 1. The molecule has 1 aliphatic heterocycles. The van der Waals surface area contributed by atoms with E-state index in [1.54, 1.807) is 12.3 Å². The molecule has 1 saturated heterocycles. The van der Waals surface area contributed by atoms with Crippen LogP contribution in [0.1, 0.15) is 25.1 Å². The number of nitrogens with zero attached hydrogens (tertiary/aromatic N) is 2. The fraction of sp³-hybridized carbons (Fsp3) is 0.429. The molecule has 1 unspecified atom stereocenters. The average Bonchev–Trinajstić information content (AvgIpc) is 3.14. The second kappa shape index (κ2) is 9.89. The molecule has 0 bridgehead atoms. The van der Waals surface area contributed by atoms with Crippen LogP contribution in [0.5, 0.6) is 5.75 Å². The molecule has 0 amide bonds. The van der Waals surface area contributed by atoms with Crippen LogP contribution in [0.2, 0.25) is 0 Å². The first-order valence-corrected chi connectivity index (χ1v) is 10.9. The van der Waals surface area contributed by atoms with Gasteiger partial charge < -0.3 is 19.2 Å². The van der Waals surface area contributed by atoms with E-state index in [1.807, 2.05) is 31.2 Å². The second-order valence-corrected chi connectivity index (χ2v) is 9.32. The number of benzene rings is 1. The zero-order chi connectivity index (χ0) is 20.4. The summed E-state index contributed by atoms with van der Waals surface area (Å²) in [6.45, 7) is 7.69. The molecule has 1 aliphatic rings. The van der Waals surface area contributed by atoms with Gasteiger partial charge in [-0.25, -0.2) is 4.98 Å². The number of fused-ring (bicyclic) bond motifs is 1. The van der Waals surface area contributed by atoms with Crippen LogP contribution in [0, 0.1) is 12.3 Å². The van der Waals surface area contributed by atoms with Gasteiger partial charge in [-0.05, 0) is 25.1 Å². The Hall–Kier alpha value is -1.29. The van der Waals surface area contributed by atoms with Crippen LogP contribution in [0.4, 0.5) is 0 Å². The maximum Gasteiger partial charge on any atom is 0.197 e. The van der Waals surface area contributed by atoms with Gasteiger partial charge in [-0.15, -0.1) is 0 Å². The molecule has 3 aromatic rings. The van der Waals surface area contributed by atoms with Crippen molar-refractivity contribution in [2.75, 3.05) is 19.8 Å². The summed E-state index contributed by atoms with van der Waals surface area (Å²) in [5.74, 6) is 0.946. The number of imidazole rings is 1. The average molecular weight is 439 g/mol. The number of nitrogens with one attached hydrogen (secondary N) is 1. The predicted molar refractivity (Wildman–Crippen MR) is 116 cm³/mol. The number of ether oxygens (including phenoxy) is 3. The third kappa shape index (κ3) is 5.49. The van der Waals surface area contributed by atoms with Crippen LogP contribution in [-0.4, -0.2) is 74.8 Å². The molecule has 9 heteroatoms. The van der Waals surface area contributed by atoms with Crippen molar-refractivity contribution in [3.05, 3.63) is 47.8 Å². The summed E-state index contributed by atoms with van der Waals surface area (Å²) in [4.78, 5) is 11.9. The predicted octanol–water partition coefficient (Wildman–Crippen LogP) is 2.97. The zero-order valence-corrected chi connectivity index (χ0v) is 20.6. The molecule has 1 radical (unpaired) electrons. The maximum absolute atomic E-state index is 12.8. The van der Waals surface area contributed by atoms with Gasteiger partial charge in [0.05, 0.1) is 46.5 Å². The Kier molecular flexibility index (Phi) is 7.71. The van der Waals surface area contributed by atoms with Gasteiger partial charge in [-0.1, -0.05) is 26.0 Å². The monoisotopic (exact) mass is 438 g/mol. The van der Waals surface area contributed by atoms with Crippen molar-refractivity contribution in [1.82, 2.24) is 15.0 Å². The van der Waals surface area contributed by atoms with Gasteiger partial charge in [0.2, 0.25) is 0 Å². The van der Waals surface area contributed by atoms with E-state index in [0.29, 0.717) is 36.4 Å². The summed E-state index contributed by atoms with van der Waals surface area (Å²) in [6, 6.07) is 9.43. The van der Waals surface area contributed by atoms with Crippen molar-refractivity contribution >= 4 is 51.4 Å². The molecule has 155 valence electrons. The van der Waals surface area contributed by atoms with E-state index in [1.165, 1.54) is 0 Å². The minimum absolute atomic E-state index is 0. The summed E-state index contributed by atoms with van der Waals surface area (Å²) >= 11 is 0. The van der Waals surface area contributed by atoms with Gasteiger partial charge in [-0.3, -0.25) is 9.19 Å². The SMILES string of the molecule is Cc1c(OCC2OCC(C)(C)CO2)ccnc1CS(=O)c1nc2ccccc2[nH]1.[Na]. The van der Waals surface area contributed by atoms with Gasteiger partial charge >= 0.3 is 0 Å². The largest absolute Gasteiger partial charge is 0.488 e. The van der Waals surface area contributed by atoms with E-state index < -0.39 is 10.8 Å². The standard InChI is InChI=1S/C21H25N3O4S.Na/c1-14-17(11-29(25)20-23-15-6-4-5-7-16(15)24-20)22-9-8-18(14)26-10-19-27-12-21(2,3)13-28-19;/h4-9,19H,10-13H2,1-3H3,(H,23,24);. The molecule has 3 heterocycles. The van der Waals surface area contributed by atoms with Crippen LogP contribution >= 0.6 is 0 Å². The molecule has 0 saturated carbocycles. The van der Waals surface area contributed by atoms with E-state index in [4.69, 9.17) is 14.2 Å². The molecule has 30 heavy (non-hydrogen) atoms. The van der Waals surface area contributed by atoms with Gasteiger partial charge in [0.1, 0.15) is 12.4 Å². The minimum Gasteiger partial charge on any atom is -0.488 e. The fourth-order valence-corrected chi connectivity index (χ4v) is 4.17. The molecule has 4 rings (SSSR count). The molecule has 0 aliphatic carbocycles. The Labute approximate surface area is 200 Å². The smallest absolute Gasteiger partial charge is 0.197 e. The Balaban J connectivity index is 0.00000256. The van der Waals surface area contributed by atoms with Crippen molar-refractivity contribution in [2.45, 2.75) is 38.0 Å². The van der Waals surface area contributed by atoms with Crippen LogP contribution < -0.4 is 4.74 Å². The number of hydrogen-bond acceptors (Lipinski definition) is 6. The Morgan fingerprint density at radius 3 is 2.70 bits per heavy atom. The van der Waals surface area contributed by atoms with Crippen LogP contribution in [0.25, 0.3) is 11.0 Å². The van der Waals surface area contributed by atoms with E-state index in [0.717, 1.165) is 16.6 Å². The first-order valence-electron chi connectivity index (χ1n) is 9.55. The van der Waals surface area contributed by atoms with Crippen LogP contribution in [-0.2, 0) is 26.0 Å². The third-order valence-corrected chi connectivity index (χ3v) is 5.96. The topological polar surface area (TPSA) is 86.3 Å². The van der Waals surface area contributed by atoms with Crippen molar-refractivity contribution in [3.63, 3.8) is 0 Å². The maximum atomic E-state index is 12.8. The van der Waals surface area contributed by atoms with Crippen molar-refractivity contribution < 1.29 is 18.4 Å². The fourth-order valence-electron chi connectivity index (χ4n) is 3.07. The van der Waals surface area contributed by atoms with E-state index >= 15 is 0 Å². The molecule has 0 spiro atoms. The number of para-hydroxylation sites is 2. The molecule has 1 fully saturated rings. The summed E-state index contributed by atoms with van der Waals surface area (Å²) in [5, 5.41) is 0.449. The van der Waals surface area contributed by atoms with Crippen LogP contribution in [0.3, 0.4) is 0 Å². The Morgan fingerprint density at radius 2 is 1.97 bits per heavy atom. The summed E-state index contributed by atoms with van der Waals surface area (Å²) < 4.78 is 30.1. The van der Waals surface area contributed by atoms with Crippen molar-refractivity contribution in [2.24, 2.45) is 5.41 Å². The Bertz CT molecular complexity index is 997. The van der Waals surface area contributed by atoms with Gasteiger partial charge in [0.25, 0.3) is 0 Å². The number of rotatable bonds is 6. The third-order valence-electron chi connectivity index (χ3n) is 4.80. The minimum atomic E-state index is -1.34. The quantitative estimate of drug-likeness (QED) is 0.596. The van der Waals surface area contributed by atoms with Crippen molar-refractivity contribution in [1.29, 1.82) is 0 Å². The van der Waals surface area contributed by atoms with Crippen molar-refractivity contribution in [3.8, 4) is 5.75 Å². The first-order chi connectivity index (χ1) is 13.9. The molecule has 7 nitrogen and oxygen atoms in total. The summed E-state index contributed by atoms with van der Waals surface area (Å²) in [5.41, 5.74) is 3.26. The van der Waals surface area contributed by atoms with E-state index in [9.17, 15) is 4.21 Å². The summed E-state index contributed by atoms with van der Waals surface area (Å²) in [7, 11) is -1.34. The van der Waals surface area contributed by atoms with E-state index in [-0.39, 0.29) is 47.0 Å². The van der Waals surface area contributed by atoms with Crippen LogP contribution in [0.15, 0.2) is 41.7 Å². The number of hydrogen-bond donors (Lipinski definition) is 1. The molecular formula is C21H25N3NaO4S. The Morgan fingerprint density at radius 1 is 1.23 bits per heavy atom. The van der Waals surface area contributed by atoms with Gasteiger partial charge in [-0.2, -0.15) is 0 Å². The molecule has 1 aromatic carbocycles. The first kappa shape index (κ1) is 23.4. The van der Waals surface area contributed by atoms with Gasteiger partial charge in [0, 0.05) is 46.7 Å². The second-order valence-electron chi connectivity index (χ2n) is 7.96. The number of H-pyrrole nitrogens is 1. The van der Waals surface area contributed by atoms with Gasteiger partial charge in [0.15, 0.2) is 11.4 Å². The number of aromatic nitrogens is 3. The molecule has 2 aromatic heterocycles. The zero-order valence-electron chi connectivity index (χ0n) is 17.8. The molecule has 1 N–H and O–H groups in total. The molecular weight excluding hydrogens is 413 g/mol. The number of pyridine rings is 1. The normalized spacial score (nSPS) is 17.4. The molecule has 1 atom stereocenters. The van der Waals surface area contributed by atoms with E-state index in [2.05, 4.69) is 28.8 Å². The summed E-state index contributed by atoms with van der Waals surface area (Å²) in [6.07, 6.45) is 1.28.